The van der Waals surface area contributed by atoms with Crippen LogP contribution >= 0.6 is 11.8 Å². The van der Waals surface area contributed by atoms with E-state index in [2.05, 4.69) is 0 Å². The zero-order valence-corrected chi connectivity index (χ0v) is 17.5. The van der Waals surface area contributed by atoms with Crippen molar-refractivity contribution in [3.8, 4) is 0 Å². The van der Waals surface area contributed by atoms with Crippen molar-refractivity contribution in [3.05, 3.63) is 64.6 Å². The van der Waals surface area contributed by atoms with Gasteiger partial charge in [0.2, 0.25) is 5.91 Å². The lowest BCUT2D eigenvalue weighted by atomic mass is 10.1. The monoisotopic (exact) mass is 446 g/mol. The molecular weight excluding hydrogens is 425 g/mol. The maximum atomic E-state index is 13.2. The number of halogens is 3. The Bertz CT molecular complexity index is 1010. The number of alkyl halides is 3. The molecule has 0 spiro atoms. The molecule has 2 aromatic carbocycles. The number of nitrogens with zero attached hydrogens (tertiary/aromatic N) is 2. The van der Waals surface area contributed by atoms with Crippen LogP contribution in [0, 0.1) is 0 Å². The van der Waals surface area contributed by atoms with Gasteiger partial charge in [0.25, 0.3) is 5.91 Å². The van der Waals surface area contributed by atoms with Crippen LogP contribution in [0.3, 0.4) is 0 Å². The Labute approximate surface area is 182 Å². The molecule has 2 aliphatic rings. The first kappa shape index (κ1) is 21.5. The number of piperidine rings is 1. The molecule has 1 fully saturated rings. The van der Waals surface area contributed by atoms with Gasteiger partial charge in [0.15, 0.2) is 0 Å². The van der Waals surface area contributed by atoms with E-state index >= 15 is 0 Å². The molecule has 0 radical (unpaired) electrons. The number of thioether (sulfide) groups is 1. The first-order chi connectivity index (χ1) is 14.8. The van der Waals surface area contributed by atoms with E-state index in [0.717, 1.165) is 36.3 Å². The van der Waals surface area contributed by atoms with Crippen molar-refractivity contribution in [2.45, 2.75) is 30.3 Å². The van der Waals surface area contributed by atoms with Crippen molar-refractivity contribution in [2.24, 2.45) is 0 Å². The van der Waals surface area contributed by atoms with Gasteiger partial charge >= 0.3 is 6.18 Å². The van der Waals surface area contributed by atoms with E-state index in [-0.39, 0.29) is 18.4 Å². The number of carbonyl (C=O) groups is 2. The van der Waals surface area contributed by atoms with E-state index in [1.165, 1.54) is 28.8 Å². The lowest BCUT2D eigenvalue weighted by Crippen LogP contribution is -2.46. The molecule has 2 amide bonds. The minimum absolute atomic E-state index is 0.0548. The lowest BCUT2D eigenvalue weighted by Gasteiger charge is -2.33. The van der Waals surface area contributed by atoms with Crippen molar-refractivity contribution >= 4 is 35.3 Å². The van der Waals surface area contributed by atoms with Gasteiger partial charge in [0.1, 0.15) is 6.54 Å². The maximum absolute atomic E-state index is 13.2. The standard InChI is InChI=1S/C23H21F3N2O2S/c24-23(25,26)17-10-8-16(9-11-17)14-20-22(30)28(18-6-2-3-7-19(18)31-20)15-21(29)27-12-4-1-5-13-27/h2-3,6-11,14H,1,4-5,12-13,15H2/b20-14-. The van der Waals surface area contributed by atoms with Crippen molar-refractivity contribution in [3.63, 3.8) is 0 Å². The zero-order valence-electron chi connectivity index (χ0n) is 16.7. The molecule has 0 unspecified atom stereocenters. The highest BCUT2D eigenvalue weighted by atomic mass is 32.2. The molecule has 4 nitrogen and oxygen atoms in total. The third kappa shape index (κ3) is 4.79. The normalized spacial score (nSPS) is 18.3. The number of likely N-dealkylation sites (tertiary alicyclic amines) is 1. The summed E-state index contributed by atoms with van der Waals surface area (Å²) in [5.41, 5.74) is 0.425. The van der Waals surface area contributed by atoms with Crippen LogP contribution in [0.2, 0.25) is 0 Å². The van der Waals surface area contributed by atoms with Crippen LogP contribution in [0.4, 0.5) is 18.9 Å². The van der Waals surface area contributed by atoms with Crippen molar-refractivity contribution in [1.29, 1.82) is 0 Å². The van der Waals surface area contributed by atoms with Crippen LogP contribution in [0.25, 0.3) is 6.08 Å². The van der Waals surface area contributed by atoms with Gasteiger partial charge in [-0.2, -0.15) is 13.2 Å². The second-order valence-electron chi connectivity index (χ2n) is 7.53. The van der Waals surface area contributed by atoms with Crippen molar-refractivity contribution < 1.29 is 22.8 Å². The van der Waals surface area contributed by atoms with Gasteiger partial charge in [-0.05, 0) is 55.2 Å². The summed E-state index contributed by atoms with van der Waals surface area (Å²) in [4.78, 5) is 30.5. The van der Waals surface area contributed by atoms with Crippen LogP contribution in [0.5, 0.6) is 0 Å². The molecule has 0 aromatic heterocycles. The van der Waals surface area contributed by atoms with Gasteiger partial charge in [0, 0.05) is 18.0 Å². The number of hydrogen-bond donors (Lipinski definition) is 0. The Kier molecular flexibility index (Phi) is 6.09. The molecule has 0 atom stereocenters. The number of benzene rings is 2. The molecule has 8 heteroatoms. The maximum Gasteiger partial charge on any atom is 0.416 e. The van der Waals surface area contributed by atoms with Crippen molar-refractivity contribution in [1.82, 2.24) is 4.90 Å². The summed E-state index contributed by atoms with van der Waals surface area (Å²) in [6, 6.07) is 12.0. The first-order valence-corrected chi connectivity index (χ1v) is 10.9. The Balaban J connectivity index is 1.61. The first-order valence-electron chi connectivity index (χ1n) is 10.1. The Morgan fingerprint density at radius 2 is 1.68 bits per heavy atom. The highest BCUT2D eigenvalue weighted by Gasteiger charge is 2.32. The predicted octanol–water partition coefficient (Wildman–Crippen LogP) is 5.20. The summed E-state index contributed by atoms with van der Waals surface area (Å²) in [5.74, 6) is -0.419. The fourth-order valence-electron chi connectivity index (χ4n) is 3.72. The predicted molar refractivity (Wildman–Crippen MR) is 115 cm³/mol. The van der Waals surface area contributed by atoms with Crippen LogP contribution in [0.15, 0.2) is 58.3 Å². The molecule has 31 heavy (non-hydrogen) atoms. The fraction of sp³-hybridized carbons (Fsp3) is 0.304. The van der Waals surface area contributed by atoms with Gasteiger partial charge in [-0.1, -0.05) is 36.0 Å². The third-order valence-electron chi connectivity index (χ3n) is 5.37. The summed E-state index contributed by atoms with van der Waals surface area (Å²) in [6.45, 7) is 1.35. The zero-order chi connectivity index (χ0) is 22.0. The minimum Gasteiger partial charge on any atom is -0.341 e. The van der Waals surface area contributed by atoms with Crippen LogP contribution in [-0.4, -0.2) is 36.3 Å². The van der Waals surface area contributed by atoms with E-state index in [1.807, 2.05) is 18.2 Å². The van der Waals surface area contributed by atoms with Crippen LogP contribution in [0.1, 0.15) is 30.4 Å². The van der Waals surface area contributed by atoms with Gasteiger partial charge < -0.3 is 4.90 Å². The molecule has 0 saturated carbocycles. The number of carbonyl (C=O) groups excluding carboxylic acids is 2. The molecular formula is C23H21F3N2O2S. The Morgan fingerprint density at radius 1 is 1.00 bits per heavy atom. The van der Waals surface area contributed by atoms with Crippen LogP contribution in [-0.2, 0) is 15.8 Å². The Hall–Kier alpha value is -2.74. The molecule has 2 aromatic rings. The fourth-order valence-corrected chi connectivity index (χ4v) is 4.78. The third-order valence-corrected chi connectivity index (χ3v) is 6.45. The van der Waals surface area contributed by atoms with Gasteiger partial charge in [-0.15, -0.1) is 0 Å². The number of hydrogen-bond acceptors (Lipinski definition) is 3. The van der Waals surface area contributed by atoms with E-state index in [4.69, 9.17) is 0 Å². The average molecular weight is 446 g/mol. The lowest BCUT2D eigenvalue weighted by molar-refractivity contribution is -0.137. The van der Waals surface area contributed by atoms with Crippen LogP contribution < -0.4 is 4.90 Å². The number of anilines is 1. The summed E-state index contributed by atoms with van der Waals surface area (Å²) < 4.78 is 38.4. The SMILES string of the molecule is O=C(CN1C(=O)/C(=C/c2ccc(C(F)(F)F)cc2)Sc2ccccc21)N1CCCCC1. The topological polar surface area (TPSA) is 40.6 Å². The summed E-state index contributed by atoms with van der Waals surface area (Å²) in [7, 11) is 0. The van der Waals surface area contributed by atoms with E-state index in [0.29, 0.717) is 29.2 Å². The quantitative estimate of drug-likeness (QED) is 0.609. The molecule has 162 valence electrons. The van der Waals surface area contributed by atoms with Gasteiger partial charge in [-0.25, -0.2) is 0 Å². The molecule has 0 aliphatic carbocycles. The van der Waals surface area contributed by atoms with Crippen molar-refractivity contribution in [2.75, 3.05) is 24.5 Å². The molecule has 2 heterocycles. The summed E-state index contributed by atoms with van der Waals surface area (Å²) in [6.07, 6.45) is 0.190. The number of rotatable bonds is 3. The summed E-state index contributed by atoms with van der Waals surface area (Å²) >= 11 is 1.26. The van der Waals surface area contributed by atoms with E-state index in [1.54, 1.807) is 17.0 Å². The van der Waals surface area contributed by atoms with E-state index < -0.39 is 11.7 Å². The van der Waals surface area contributed by atoms with Gasteiger partial charge in [-0.3, -0.25) is 14.5 Å². The number of amides is 2. The largest absolute Gasteiger partial charge is 0.416 e. The van der Waals surface area contributed by atoms with E-state index in [9.17, 15) is 22.8 Å². The minimum atomic E-state index is -4.41. The highest BCUT2D eigenvalue weighted by molar-refractivity contribution is 8.04. The highest BCUT2D eigenvalue weighted by Crippen LogP contribution is 2.42. The molecule has 1 saturated heterocycles. The molecule has 4 rings (SSSR count). The summed E-state index contributed by atoms with van der Waals surface area (Å²) in [5, 5.41) is 0. The van der Waals surface area contributed by atoms with Gasteiger partial charge in [0.05, 0.1) is 16.2 Å². The molecule has 2 aliphatic heterocycles. The Morgan fingerprint density at radius 3 is 2.35 bits per heavy atom. The number of para-hydroxylation sites is 1. The molecule has 0 N–H and O–H groups in total. The second-order valence-corrected chi connectivity index (χ2v) is 8.61. The smallest absolute Gasteiger partial charge is 0.341 e. The average Bonchev–Trinajstić information content (AvgIpc) is 2.77. The number of fused-ring (bicyclic) bond motifs is 1. The molecule has 0 bridgehead atoms. The second kappa shape index (κ2) is 8.78.